The fourth-order valence-corrected chi connectivity index (χ4v) is 4.34. The maximum atomic E-state index is 12.8. The normalized spacial score (nSPS) is 14.9. The van der Waals surface area contributed by atoms with Gasteiger partial charge in [0.25, 0.3) is 5.91 Å². The van der Waals surface area contributed by atoms with E-state index < -0.39 is 0 Å². The summed E-state index contributed by atoms with van der Waals surface area (Å²) in [6.07, 6.45) is 2.89. The van der Waals surface area contributed by atoms with Gasteiger partial charge in [0.15, 0.2) is 5.76 Å². The standard InChI is InChI=1S/C28H30N2O4/c1-4-14-29-28(32)25-12-11-23(34-25)18-33-22-10-9-20-13-15-30(26(31)5-2)27(24(20)17-22)21-8-6-7-19(3)16-21/h4,6-12,16-17,27H,1,5,13-15,18H2,2-3H3,(H,29,32). The molecule has 1 N–H and O–H groups in total. The molecule has 0 saturated heterocycles. The first-order chi connectivity index (χ1) is 16.5. The number of carbonyl (C=O) groups excluding carboxylic acids is 2. The Balaban J connectivity index is 1.57. The molecule has 1 aromatic heterocycles. The second kappa shape index (κ2) is 10.4. The first-order valence-electron chi connectivity index (χ1n) is 11.6. The minimum absolute atomic E-state index is 0.140. The Morgan fingerprint density at radius 2 is 2.06 bits per heavy atom. The number of aryl methyl sites for hydroxylation is 1. The summed E-state index contributed by atoms with van der Waals surface area (Å²) in [5, 5.41) is 2.69. The largest absolute Gasteiger partial charge is 0.486 e. The number of hydrogen-bond acceptors (Lipinski definition) is 4. The average molecular weight is 459 g/mol. The minimum atomic E-state index is -0.290. The van der Waals surface area contributed by atoms with Crippen molar-refractivity contribution < 1.29 is 18.7 Å². The highest BCUT2D eigenvalue weighted by Gasteiger charge is 2.31. The first kappa shape index (κ1) is 23.4. The highest BCUT2D eigenvalue weighted by Crippen LogP contribution is 2.38. The van der Waals surface area contributed by atoms with Gasteiger partial charge in [0.1, 0.15) is 18.1 Å². The van der Waals surface area contributed by atoms with E-state index >= 15 is 0 Å². The number of carbonyl (C=O) groups is 2. The third kappa shape index (κ3) is 5.06. The van der Waals surface area contributed by atoms with Crippen LogP contribution in [-0.2, 0) is 17.8 Å². The van der Waals surface area contributed by atoms with Gasteiger partial charge in [0, 0.05) is 19.5 Å². The van der Waals surface area contributed by atoms with E-state index in [-0.39, 0.29) is 30.2 Å². The number of ether oxygens (including phenoxy) is 1. The van der Waals surface area contributed by atoms with E-state index in [1.54, 1.807) is 18.2 Å². The zero-order valence-corrected chi connectivity index (χ0v) is 19.7. The van der Waals surface area contributed by atoms with E-state index in [2.05, 4.69) is 43.1 Å². The topological polar surface area (TPSA) is 71.8 Å². The Morgan fingerprint density at radius 3 is 2.82 bits per heavy atom. The van der Waals surface area contributed by atoms with Crippen LogP contribution in [0.2, 0.25) is 0 Å². The fraction of sp³-hybridized carbons (Fsp3) is 0.286. The average Bonchev–Trinajstić information content (AvgIpc) is 3.34. The molecular weight excluding hydrogens is 428 g/mol. The summed E-state index contributed by atoms with van der Waals surface area (Å²) >= 11 is 0. The Hall–Kier alpha value is -3.80. The summed E-state index contributed by atoms with van der Waals surface area (Å²) in [5.41, 5.74) is 4.56. The van der Waals surface area contributed by atoms with E-state index in [0.717, 1.165) is 23.1 Å². The van der Waals surface area contributed by atoms with Crippen molar-refractivity contribution >= 4 is 11.8 Å². The molecule has 6 nitrogen and oxygen atoms in total. The van der Waals surface area contributed by atoms with Gasteiger partial charge in [0.2, 0.25) is 5.91 Å². The van der Waals surface area contributed by atoms with Crippen molar-refractivity contribution in [3.63, 3.8) is 0 Å². The van der Waals surface area contributed by atoms with E-state index in [4.69, 9.17) is 9.15 Å². The molecule has 1 aliphatic rings. The number of furan rings is 1. The van der Waals surface area contributed by atoms with E-state index in [1.807, 2.05) is 30.0 Å². The van der Waals surface area contributed by atoms with Crippen molar-refractivity contribution in [1.82, 2.24) is 10.2 Å². The van der Waals surface area contributed by atoms with Crippen molar-refractivity contribution in [3.05, 3.63) is 101 Å². The molecule has 2 aromatic carbocycles. The Labute approximate surface area is 200 Å². The summed E-state index contributed by atoms with van der Waals surface area (Å²) in [7, 11) is 0. The van der Waals surface area contributed by atoms with E-state index in [0.29, 0.717) is 31.0 Å². The number of rotatable bonds is 8. The predicted octanol–water partition coefficient (Wildman–Crippen LogP) is 4.97. The minimum Gasteiger partial charge on any atom is -0.486 e. The van der Waals surface area contributed by atoms with Gasteiger partial charge in [-0.2, -0.15) is 0 Å². The molecule has 0 saturated carbocycles. The molecule has 1 aliphatic heterocycles. The lowest BCUT2D eigenvalue weighted by Gasteiger charge is -2.38. The first-order valence-corrected chi connectivity index (χ1v) is 11.6. The fourth-order valence-electron chi connectivity index (χ4n) is 4.34. The van der Waals surface area contributed by atoms with Crippen molar-refractivity contribution in [3.8, 4) is 5.75 Å². The Kier molecular flexibility index (Phi) is 7.16. The summed E-state index contributed by atoms with van der Waals surface area (Å²) < 4.78 is 11.6. The van der Waals surface area contributed by atoms with Gasteiger partial charge >= 0.3 is 0 Å². The third-order valence-electron chi connectivity index (χ3n) is 6.00. The van der Waals surface area contributed by atoms with Gasteiger partial charge in [-0.25, -0.2) is 0 Å². The smallest absolute Gasteiger partial charge is 0.287 e. The predicted molar refractivity (Wildman–Crippen MR) is 131 cm³/mol. The van der Waals surface area contributed by atoms with E-state index in [1.165, 1.54) is 5.56 Å². The van der Waals surface area contributed by atoms with Crippen molar-refractivity contribution in [2.24, 2.45) is 0 Å². The molecule has 0 spiro atoms. The van der Waals surface area contributed by atoms with Crippen LogP contribution >= 0.6 is 0 Å². The molecule has 3 aromatic rings. The second-order valence-electron chi connectivity index (χ2n) is 8.42. The number of nitrogens with one attached hydrogen (secondary N) is 1. The molecule has 2 heterocycles. The van der Waals surface area contributed by atoms with Gasteiger partial charge in [-0.1, -0.05) is 48.9 Å². The summed E-state index contributed by atoms with van der Waals surface area (Å²) in [4.78, 5) is 26.8. The van der Waals surface area contributed by atoms with Gasteiger partial charge in [-0.05, 0) is 54.3 Å². The van der Waals surface area contributed by atoms with Gasteiger partial charge < -0.3 is 19.4 Å². The molecule has 2 amide bonds. The molecule has 1 atom stereocenters. The summed E-state index contributed by atoms with van der Waals surface area (Å²) in [6.45, 7) is 8.82. The van der Waals surface area contributed by atoms with Crippen LogP contribution in [0.5, 0.6) is 5.75 Å². The third-order valence-corrected chi connectivity index (χ3v) is 6.00. The van der Waals surface area contributed by atoms with Crippen LogP contribution < -0.4 is 10.1 Å². The van der Waals surface area contributed by atoms with Crippen molar-refractivity contribution in [2.45, 2.75) is 39.3 Å². The highest BCUT2D eigenvalue weighted by molar-refractivity contribution is 5.91. The van der Waals surface area contributed by atoms with Crippen LogP contribution in [0.4, 0.5) is 0 Å². The number of nitrogens with zero attached hydrogens (tertiary/aromatic N) is 1. The lowest BCUT2D eigenvalue weighted by Crippen LogP contribution is -2.40. The molecule has 0 radical (unpaired) electrons. The van der Waals surface area contributed by atoms with Gasteiger partial charge in [-0.15, -0.1) is 6.58 Å². The van der Waals surface area contributed by atoms with Gasteiger partial charge in [0.05, 0.1) is 6.04 Å². The molecule has 0 bridgehead atoms. The number of benzene rings is 2. The Bertz CT molecular complexity index is 1200. The number of hydrogen-bond donors (Lipinski definition) is 1. The monoisotopic (exact) mass is 458 g/mol. The Morgan fingerprint density at radius 1 is 1.21 bits per heavy atom. The molecule has 0 fully saturated rings. The van der Waals surface area contributed by atoms with Gasteiger partial charge in [-0.3, -0.25) is 9.59 Å². The number of amides is 2. The highest BCUT2D eigenvalue weighted by atomic mass is 16.5. The second-order valence-corrected chi connectivity index (χ2v) is 8.42. The zero-order chi connectivity index (χ0) is 24.1. The molecular formula is C28H30N2O4. The van der Waals surface area contributed by atoms with Crippen LogP contribution in [0.3, 0.4) is 0 Å². The summed E-state index contributed by atoms with van der Waals surface area (Å²) in [5.74, 6) is 1.33. The zero-order valence-electron chi connectivity index (χ0n) is 19.7. The maximum absolute atomic E-state index is 12.8. The molecule has 0 aliphatic carbocycles. The van der Waals surface area contributed by atoms with Crippen LogP contribution in [0.15, 0.2) is 71.7 Å². The molecule has 176 valence electrons. The van der Waals surface area contributed by atoms with Crippen LogP contribution in [-0.4, -0.2) is 29.8 Å². The van der Waals surface area contributed by atoms with Crippen LogP contribution in [0.25, 0.3) is 0 Å². The van der Waals surface area contributed by atoms with Crippen molar-refractivity contribution in [1.29, 1.82) is 0 Å². The van der Waals surface area contributed by atoms with Crippen molar-refractivity contribution in [2.75, 3.05) is 13.1 Å². The quantitative estimate of drug-likeness (QED) is 0.484. The van der Waals surface area contributed by atoms with Crippen LogP contribution in [0, 0.1) is 6.92 Å². The number of fused-ring (bicyclic) bond motifs is 1. The van der Waals surface area contributed by atoms with Crippen LogP contribution in [0.1, 0.15) is 58.0 Å². The summed E-state index contributed by atoms with van der Waals surface area (Å²) in [6, 6.07) is 17.6. The molecule has 1 unspecified atom stereocenters. The maximum Gasteiger partial charge on any atom is 0.287 e. The molecule has 4 rings (SSSR count). The molecule has 34 heavy (non-hydrogen) atoms. The van der Waals surface area contributed by atoms with E-state index in [9.17, 15) is 9.59 Å². The lowest BCUT2D eigenvalue weighted by molar-refractivity contribution is -0.132. The SMILES string of the molecule is C=CCNC(=O)c1ccc(COc2ccc3c(c2)C(c2cccc(C)c2)N(C(=O)CC)CC3)o1. The molecule has 6 heteroatoms. The lowest BCUT2D eigenvalue weighted by atomic mass is 9.87.